The Morgan fingerprint density at radius 1 is 1.45 bits per heavy atom. The minimum Gasteiger partial charge on any atom is -0.382 e. The molecule has 0 aromatic heterocycles. The van der Waals surface area contributed by atoms with Gasteiger partial charge in [0, 0.05) is 13.0 Å². The maximum Gasteiger partial charge on any atom is 0.254 e. The van der Waals surface area contributed by atoms with E-state index in [9.17, 15) is 13.2 Å². The van der Waals surface area contributed by atoms with Crippen molar-refractivity contribution < 1.29 is 22.7 Å². The zero-order chi connectivity index (χ0) is 15.7. The number of carbonyl (C=O) groups is 1. The van der Waals surface area contributed by atoms with Gasteiger partial charge in [0.25, 0.3) is 5.91 Å². The number of hydrogen-bond acceptors (Lipinski definition) is 6. The second-order valence-electron chi connectivity index (χ2n) is 5.75. The van der Waals surface area contributed by atoms with Crippen molar-refractivity contribution in [3.63, 3.8) is 0 Å². The van der Waals surface area contributed by atoms with Gasteiger partial charge in [-0.05, 0) is 19.3 Å². The molecule has 128 valence electrons. The Kier molecular flexibility index (Phi) is 6.02. The number of hydrogen-bond donors (Lipinski definition) is 2. The number of sulfonamides is 1. The van der Waals surface area contributed by atoms with Gasteiger partial charge < -0.3 is 15.2 Å². The molecule has 0 spiro atoms. The van der Waals surface area contributed by atoms with Crippen LogP contribution in [0.2, 0.25) is 0 Å². The molecule has 0 aromatic rings. The first-order valence-electron chi connectivity index (χ1n) is 6.86. The Balaban J connectivity index is 0.00000242. The average Bonchev–Trinajstić information content (AvgIpc) is 3.31. The third kappa shape index (κ3) is 3.62. The van der Waals surface area contributed by atoms with Crippen LogP contribution in [0.15, 0.2) is 12.7 Å². The lowest BCUT2D eigenvalue weighted by molar-refractivity contribution is -0.121. The Morgan fingerprint density at radius 2 is 2.09 bits per heavy atom. The van der Waals surface area contributed by atoms with Gasteiger partial charge in [0.2, 0.25) is 10.0 Å². The summed E-state index contributed by atoms with van der Waals surface area (Å²) in [4.78, 5) is 12.0. The summed E-state index contributed by atoms with van der Waals surface area (Å²) in [7, 11) is -2.25. The van der Waals surface area contributed by atoms with E-state index in [1.54, 1.807) is 13.2 Å². The summed E-state index contributed by atoms with van der Waals surface area (Å²) in [5.41, 5.74) is 4.72. The molecule has 0 unspecified atom stereocenters. The molecule has 0 saturated heterocycles. The Hall–Kier alpha value is -0.670. The number of nitrogens with two attached hydrogens (primary N) is 1. The van der Waals surface area contributed by atoms with Crippen LogP contribution in [0.4, 0.5) is 0 Å². The molecule has 0 bridgehead atoms. The predicted octanol–water partition coefficient (Wildman–Crippen LogP) is -0.0468. The Morgan fingerprint density at radius 3 is 2.55 bits per heavy atom. The van der Waals surface area contributed by atoms with Crippen molar-refractivity contribution in [2.75, 3.05) is 26.9 Å². The van der Waals surface area contributed by atoms with Crippen molar-refractivity contribution in [1.82, 2.24) is 4.72 Å². The second-order valence-corrected chi connectivity index (χ2v) is 7.83. The fraction of sp³-hybridized carbons (Fsp3) is 0.769. The van der Waals surface area contributed by atoms with Gasteiger partial charge in [-0.2, -0.15) is 0 Å². The molecule has 0 aromatic carbocycles. The molecule has 22 heavy (non-hydrogen) atoms. The normalized spacial score (nSPS) is 28.4. The maximum atomic E-state index is 12.3. The van der Waals surface area contributed by atoms with Crippen LogP contribution >= 0.6 is 12.4 Å². The predicted molar refractivity (Wildman–Crippen MR) is 84.2 cm³/mol. The number of ether oxygens (including phenoxy) is 2. The van der Waals surface area contributed by atoms with Crippen LogP contribution in [0.5, 0.6) is 0 Å². The second kappa shape index (κ2) is 6.84. The fourth-order valence-corrected chi connectivity index (χ4v) is 3.74. The molecule has 9 heteroatoms. The maximum absolute atomic E-state index is 12.3. The van der Waals surface area contributed by atoms with Crippen molar-refractivity contribution in [3.05, 3.63) is 12.7 Å². The third-order valence-corrected chi connectivity index (χ3v) is 6.29. The van der Waals surface area contributed by atoms with Crippen LogP contribution in [0.1, 0.15) is 19.3 Å². The van der Waals surface area contributed by atoms with Gasteiger partial charge in [0.05, 0.1) is 19.8 Å². The summed E-state index contributed by atoms with van der Waals surface area (Å²) in [5.74, 6) is -0.823. The van der Waals surface area contributed by atoms with Crippen LogP contribution in [-0.4, -0.2) is 51.5 Å². The van der Waals surface area contributed by atoms with Crippen LogP contribution in [0, 0.1) is 5.92 Å². The molecule has 2 atom stereocenters. The summed E-state index contributed by atoms with van der Waals surface area (Å²) in [5, 5.41) is 0. The Bertz CT molecular complexity index is 535. The molecule has 2 fully saturated rings. The van der Waals surface area contributed by atoms with E-state index < -0.39 is 26.2 Å². The van der Waals surface area contributed by atoms with Gasteiger partial charge in [-0.3, -0.25) is 9.52 Å². The van der Waals surface area contributed by atoms with Crippen LogP contribution in [-0.2, 0) is 24.3 Å². The molecular weight excluding hydrogens is 332 g/mol. The monoisotopic (exact) mass is 354 g/mol. The lowest BCUT2D eigenvalue weighted by Gasteiger charge is -2.19. The van der Waals surface area contributed by atoms with Gasteiger partial charge in [-0.1, -0.05) is 6.08 Å². The molecule has 2 rings (SSSR count). The molecule has 7 nitrogen and oxygen atoms in total. The van der Waals surface area contributed by atoms with Gasteiger partial charge in [0.1, 0.15) is 10.3 Å². The van der Waals surface area contributed by atoms with Crippen molar-refractivity contribution >= 4 is 28.3 Å². The van der Waals surface area contributed by atoms with Crippen molar-refractivity contribution in [2.24, 2.45) is 11.7 Å². The van der Waals surface area contributed by atoms with Crippen molar-refractivity contribution in [3.8, 4) is 0 Å². The smallest absolute Gasteiger partial charge is 0.254 e. The summed E-state index contributed by atoms with van der Waals surface area (Å²) >= 11 is 0. The van der Waals surface area contributed by atoms with Crippen LogP contribution < -0.4 is 10.5 Å². The number of nitrogens with one attached hydrogen (secondary N) is 1. The summed E-state index contributed by atoms with van der Waals surface area (Å²) in [6, 6.07) is 0. The number of amides is 1. The minimum absolute atomic E-state index is 0. The molecule has 0 heterocycles. The van der Waals surface area contributed by atoms with Gasteiger partial charge in [0.15, 0.2) is 0 Å². The standard InChI is InChI=1S/C13H22N2O5S.ClH/c1-3-10-8-13(10,14)11(16)15-21(17,18)12(4-5-12)9-20-7-6-19-2;/h3,10H,1,4-9,14H2,2H3,(H,15,16);1H/t10-,13-;/m1./s1. The van der Waals surface area contributed by atoms with Crippen molar-refractivity contribution in [1.29, 1.82) is 0 Å². The van der Waals surface area contributed by atoms with E-state index >= 15 is 0 Å². The SMILES string of the molecule is C=C[C@@H]1C[C@]1(N)C(=O)NS(=O)(=O)C1(COCCOC)CC1.Cl. The lowest BCUT2D eigenvalue weighted by Crippen LogP contribution is -2.50. The lowest BCUT2D eigenvalue weighted by atomic mass is 10.2. The topological polar surface area (TPSA) is 108 Å². The first-order valence-corrected chi connectivity index (χ1v) is 8.34. The van der Waals surface area contributed by atoms with Crippen molar-refractivity contribution in [2.45, 2.75) is 29.5 Å². The van der Waals surface area contributed by atoms with Crippen LogP contribution in [0.3, 0.4) is 0 Å². The number of methoxy groups -OCH3 is 1. The van der Waals surface area contributed by atoms with E-state index in [1.165, 1.54) is 0 Å². The van der Waals surface area contributed by atoms with E-state index in [2.05, 4.69) is 11.3 Å². The highest BCUT2D eigenvalue weighted by atomic mass is 35.5. The van der Waals surface area contributed by atoms with Crippen LogP contribution in [0.25, 0.3) is 0 Å². The molecule has 1 amide bonds. The summed E-state index contributed by atoms with van der Waals surface area (Å²) in [6.07, 6.45) is 2.96. The molecular formula is C13H23ClN2O5S. The zero-order valence-electron chi connectivity index (χ0n) is 12.5. The molecule has 2 aliphatic rings. The molecule has 0 radical (unpaired) electrons. The number of rotatable bonds is 9. The Labute approximate surface area is 137 Å². The highest BCUT2D eigenvalue weighted by Gasteiger charge is 2.60. The van der Waals surface area contributed by atoms with Gasteiger partial charge >= 0.3 is 0 Å². The van der Waals surface area contributed by atoms with Gasteiger partial charge in [-0.25, -0.2) is 8.42 Å². The molecule has 2 saturated carbocycles. The number of halogens is 1. The number of carbonyl (C=O) groups excluding carboxylic acids is 1. The highest BCUT2D eigenvalue weighted by molar-refractivity contribution is 7.91. The third-order valence-electron chi connectivity index (χ3n) is 4.17. The van der Waals surface area contributed by atoms with Gasteiger partial charge in [-0.15, -0.1) is 19.0 Å². The van der Waals surface area contributed by atoms with E-state index in [0.29, 0.717) is 32.5 Å². The largest absolute Gasteiger partial charge is 0.382 e. The van der Waals surface area contributed by atoms with E-state index in [4.69, 9.17) is 15.2 Å². The molecule has 2 aliphatic carbocycles. The zero-order valence-corrected chi connectivity index (χ0v) is 14.2. The first kappa shape index (κ1) is 19.4. The average molecular weight is 355 g/mol. The van der Waals surface area contributed by atoms with E-state index in [-0.39, 0.29) is 24.9 Å². The molecule has 3 N–H and O–H groups in total. The minimum atomic E-state index is -3.79. The van der Waals surface area contributed by atoms with E-state index in [0.717, 1.165) is 0 Å². The summed E-state index contributed by atoms with van der Waals surface area (Å²) < 4.78 is 35.9. The van der Waals surface area contributed by atoms with E-state index in [1.807, 2.05) is 0 Å². The fourth-order valence-electron chi connectivity index (χ4n) is 2.22. The highest BCUT2D eigenvalue weighted by Crippen LogP contribution is 2.45. The molecule has 0 aliphatic heterocycles. The first-order chi connectivity index (χ1) is 9.81. The quantitative estimate of drug-likeness (QED) is 0.444. The summed E-state index contributed by atoms with van der Waals surface area (Å²) in [6.45, 7) is 4.35.